The molecule has 0 aliphatic heterocycles. The molecule has 0 amide bonds. The van der Waals surface area contributed by atoms with Crippen LogP contribution in [0.5, 0.6) is 0 Å². The van der Waals surface area contributed by atoms with Gasteiger partial charge in [0.1, 0.15) is 23.4 Å². The van der Waals surface area contributed by atoms with Gasteiger partial charge in [-0.2, -0.15) is 5.26 Å². The van der Waals surface area contributed by atoms with E-state index in [-0.39, 0.29) is 18.1 Å². The Morgan fingerprint density at radius 3 is 2.55 bits per heavy atom. The number of anilines is 1. The molecule has 0 saturated carbocycles. The average Bonchev–Trinajstić information content (AvgIpc) is 3.20. The Balaban J connectivity index is 1.63. The van der Waals surface area contributed by atoms with Gasteiger partial charge < -0.3 is 10.1 Å². The number of fused-ring (bicyclic) bond motifs is 1. The standard InChI is InChI=1S/C26H21ClN2O3S/c27-19-12-10-18(11-13-19)23(30)14-22(26(31)32-16-17-6-2-1-3-7-17)29-25-21(15-28)20-8-4-5-9-24(20)33-25/h1-3,6-7,10-14,29H,4-5,8-9,16H2. The summed E-state index contributed by atoms with van der Waals surface area (Å²) in [6.45, 7) is 0.0693. The van der Waals surface area contributed by atoms with Crippen LogP contribution in [0.4, 0.5) is 5.00 Å². The number of ether oxygens (including phenoxy) is 1. The van der Waals surface area contributed by atoms with Gasteiger partial charge in [-0.25, -0.2) is 4.79 Å². The van der Waals surface area contributed by atoms with Crippen LogP contribution in [0.25, 0.3) is 0 Å². The van der Waals surface area contributed by atoms with Crippen molar-refractivity contribution in [1.29, 1.82) is 5.26 Å². The number of esters is 1. The summed E-state index contributed by atoms with van der Waals surface area (Å²) >= 11 is 7.38. The van der Waals surface area contributed by atoms with Gasteiger partial charge in [0, 0.05) is 21.5 Å². The maximum atomic E-state index is 13.0. The first kappa shape index (κ1) is 22.8. The molecule has 1 aromatic heterocycles. The van der Waals surface area contributed by atoms with E-state index in [4.69, 9.17) is 16.3 Å². The molecular formula is C26H21ClN2O3S. The summed E-state index contributed by atoms with van der Waals surface area (Å²) < 4.78 is 5.47. The van der Waals surface area contributed by atoms with E-state index in [0.29, 0.717) is 21.2 Å². The number of allylic oxidation sites excluding steroid dienone is 1. The van der Waals surface area contributed by atoms with E-state index >= 15 is 0 Å². The molecule has 0 bridgehead atoms. The van der Waals surface area contributed by atoms with E-state index in [1.807, 2.05) is 30.3 Å². The van der Waals surface area contributed by atoms with Crippen LogP contribution in [0.2, 0.25) is 5.02 Å². The van der Waals surface area contributed by atoms with Gasteiger partial charge in [0.2, 0.25) is 0 Å². The number of ketones is 1. The zero-order valence-electron chi connectivity index (χ0n) is 17.8. The van der Waals surface area contributed by atoms with E-state index < -0.39 is 5.97 Å². The highest BCUT2D eigenvalue weighted by molar-refractivity contribution is 7.16. The fraction of sp³-hybridized carbons (Fsp3) is 0.192. The van der Waals surface area contributed by atoms with Gasteiger partial charge in [-0.1, -0.05) is 41.9 Å². The van der Waals surface area contributed by atoms with Crippen molar-refractivity contribution >= 4 is 39.7 Å². The quantitative estimate of drug-likeness (QED) is 0.254. The normalized spacial score (nSPS) is 13.0. The minimum atomic E-state index is -0.670. The number of thiophene rings is 1. The number of nitriles is 1. The topological polar surface area (TPSA) is 79.2 Å². The van der Waals surface area contributed by atoms with Gasteiger partial charge in [0.05, 0.1) is 5.56 Å². The Morgan fingerprint density at radius 2 is 1.82 bits per heavy atom. The summed E-state index contributed by atoms with van der Waals surface area (Å²) in [5.41, 5.74) is 2.78. The summed E-state index contributed by atoms with van der Waals surface area (Å²) in [6, 6.07) is 18.0. The summed E-state index contributed by atoms with van der Waals surface area (Å²) in [7, 11) is 0. The first-order valence-corrected chi connectivity index (χ1v) is 11.8. The number of halogens is 1. The summed E-state index contributed by atoms with van der Waals surface area (Å²) in [5, 5.41) is 13.9. The highest BCUT2D eigenvalue weighted by Gasteiger charge is 2.23. The van der Waals surface area contributed by atoms with E-state index in [0.717, 1.165) is 41.7 Å². The monoisotopic (exact) mass is 476 g/mol. The second kappa shape index (κ2) is 10.5. The first-order valence-electron chi connectivity index (χ1n) is 10.6. The van der Waals surface area contributed by atoms with E-state index in [9.17, 15) is 14.9 Å². The molecule has 0 atom stereocenters. The summed E-state index contributed by atoms with van der Waals surface area (Å²) in [5.74, 6) is -1.04. The summed E-state index contributed by atoms with van der Waals surface area (Å²) in [4.78, 5) is 27.0. The minimum Gasteiger partial charge on any atom is -0.456 e. The van der Waals surface area contributed by atoms with Gasteiger partial charge in [0.15, 0.2) is 5.78 Å². The number of hydrogen-bond donors (Lipinski definition) is 1. The molecule has 7 heteroatoms. The van der Waals surface area contributed by atoms with Gasteiger partial charge in [-0.15, -0.1) is 11.3 Å². The van der Waals surface area contributed by atoms with Gasteiger partial charge in [-0.05, 0) is 61.1 Å². The third kappa shape index (κ3) is 5.51. The van der Waals surface area contributed by atoms with Crippen molar-refractivity contribution in [1.82, 2.24) is 0 Å². The van der Waals surface area contributed by atoms with Crippen LogP contribution in [-0.4, -0.2) is 11.8 Å². The van der Waals surface area contributed by atoms with Crippen LogP contribution in [0.1, 0.15) is 44.8 Å². The number of hydrogen-bond acceptors (Lipinski definition) is 6. The molecule has 4 rings (SSSR count). The SMILES string of the molecule is N#Cc1c(NC(=CC(=O)c2ccc(Cl)cc2)C(=O)OCc2ccccc2)sc2c1CCCC2. The molecule has 0 unspecified atom stereocenters. The molecule has 0 radical (unpaired) electrons. The number of aryl methyl sites for hydroxylation is 1. The predicted molar refractivity (Wildman–Crippen MR) is 129 cm³/mol. The molecule has 5 nitrogen and oxygen atoms in total. The Kier molecular flexibility index (Phi) is 7.23. The van der Waals surface area contributed by atoms with E-state index in [1.165, 1.54) is 17.4 Å². The second-order valence-electron chi connectivity index (χ2n) is 7.64. The Bertz CT molecular complexity index is 1240. The molecule has 0 saturated heterocycles. The van der Waals surface area contributed by atoms with Gasteiger partial charge >= 0.3 is 5.97 Å². The molecule has 2 aromatic carbocycles. The third-order valence-corrected chi connectivity index (χ3v) is 6.83. The molecule has 3 aromatic rings. The number of carbonyl (C=O) groups is 2. The predicted octanol–water partition coefficient (Wildman–Crippen LogP) is 6.07. The molecule has 166 valence electrons. The third-order valence-electron chi connectivity index (χ3n) is 5.37. The fourth-order valence-corrected chi connectivity index (χ4v) is 5.05. The largest absolute Gasteiger partial charge is 0.456 e. The Morgan fingerprint density at radius 1 is 1.09 bits per heavy atom. The molecule has 1 aliphatic rings. The molecule has 0 spiro atoms. The smallest absolute Gasteiger partial charge is 0.355 e. The highest BCUT2D eigenvalue weighted by Crippen LogP contribution is 2.38. The van der Waals surface area contributed by atoms with Crippen LogP contribution >= 0.6 is 22.9 Å². The highest BCUT2D eigenvalue weighted by atomic mass is 35.5. The zero-order valence-corrected chi connectivity index (χ0v) is 19.3. The van der Waals surface area contributed by atoms with Crippen molar-refractivity contribution in [3.05, 3.63) is 98.5 Å². The van der Waals surface area contributed by atoms with Crippen LogP contribution in [0, 0.1) is 11.3 Å². The fourth-order valence-electron chi connectivity index (χ4n) is 3.67. The van der Waals surface area contributed by atoms with Crippen LogP contribution in [0.3, 0.4) is 0 Å². The first-order chi connectivity index (χ1) is 16.0. The maximum absolute atomic E-state index is 13.0. The molecule has 1 aliphatic carbocycles. The lowest BCUT2D eigenvalue weighted by molar-refractivity contribution is -0.140. The minimum absolute atomic E-state index is 0.0130. The number of rotatable bonds is 7. The lowest BCUT2D eigenvalue weighted by Crippen LogP contribution is -2.16. The average molecular weight is 477 g/mol. The maximum Gasteiger partial charge on any atom is 0.355 e. The van der Waals surface area contributed by atoms with Crippen molar-refractivity contribution in [3.8, 4) is 6.07 Å². The van der Waals surface area contributed by atoms with Crippen molar-refractivity contribution in [2.75, 3.05) is 5.32 Å². The molecule has 0 fully saturated rings. The number of nitrogens with zero attached hydrogens (tertiary/aromatic N) is 1. The molecular weight excluding hydrogens is 456 g/mol. The summed E-state index contributed by atoms with van der Waals surface area (Å²) in [6.07, 6.45) is 5.09. The van der Waals surface area contributed by atoms with Crippen LogP contribution in [0.15, 0.2) is 66.4 Å². The van der Waals surface area contributed by atoms with Crippen molar-refractivity contribution < 1.29 is 14.3 Å². The van der Waals surface area contributed by atoms with E-state index in [1.54, 1.807) is 24.3 Å². The van der Waals surface area contributed by atoms with Crippen LogP contribution < -0.4 is 5.32 Å². The molecule has 33 heavy (non-hydrogen) atoms. The van der Waals surface area contributed by atoms with Gasteiger partial charge in [0.25, 0.3) is 0 Å². The number of carbonyl (C=O) groups excluding carboxylic acids is 2. The Hall–Kier alpha value is -3.40. The van der Waals surface area contributed by atoms with Crippen molar-refractivity contribution in [3.63, 3.8) is 0 Å². The van der Waals surface area contributed by atoms with Crippen molar-refractivity contribution in [2.45, 2.75) is 32.3 Å². The van der Waals surface area contributed by atoms with Gasteiger partial charge in [-0.3, -0.25) is 4.79 Å². The molecule has 1 N–H and O–H groups in total. The van der Waals surface area contributed by atoms with Crippen LogP contribution in [-0.2, 0) is 29.0 Å². The van der Waals surface area contributed by atoms with Crippen molar-refractivity contribution in [2.24, 2.45) is 0 Å². The lowest BCUT2D eigenvalue weighted by atomic mass is 9.96. The second-order valence-corrected chi connectivity index (χ2v) is 9.18. The number of nitrogens with one attached hydrogen (secondary N) is 1. The lowest BCUT2D eigenvalue weighted by Gasteiger charge is -2.11. The molecule has 1 heterocycles. The Labute approximate surface area is 201 Å². The number of benzene rings is 2. The zero-order chi connectivity index (χ0) is 23.2. The van der Waals surface area contributed by atoms with E-state index in [2.05, 4.69) is 11.4 Å².